The molecule has 1 aromatic carbocycles. The van der Waals surface area contributed by atoms with Gasteiger partial charge in [0.25, 0.3) is 11.8 Å². The van der Waals surface area contributed by atoms with Crippen molar-refractivity contribution in [3.63, 3.8) is 0 Å². The highest BCUT2D eigenvalue weighted by Crippen LogP contribution is 2.18. The molecule has 0 aliphatic carbocycles. The molecule has 130 valence electrons. The van der Waals surface area contributed by atoms with Crippen LogP contribution in [0.15, 0.2) is 53.1 Å². The maximum atomic E-state index is 12.6. The summed E-state index contributed by atoms with van der Waals surface area (Å²) in [6.07, 6.45) is 1.40. The molecule has 1 atom stereocenters. The lowest BCUT2D eigenvalue weighted by molar-refractivity contribution is -0.147. The van der Waals surface area contributed by atoms with Gasteiger partial charge in [0.1, 0.15) is 6.04 Å². The smallest absolute Gasteiger partial charge is 0.330 e. The van der Waals surface area contributed by atoms with Crippen molar-refractivity contribution in [2.45, 2.75) is 6.04 Å². The Labute approximate surface area is 144 Å². The second-order valence-corrected chi connectivity index (χ2v) is 5.63. The van der Waals surface area contributed by atoms with Crippen molar-refractivity contribution < 1.29 is 23.5 Å². The second-order valence-electron chi connectivity index (χ2n) is 5.63. The largest absolute Gasteiger partial charge is 0.467 e. The van der Waals surface area contributed by atoms with Gasteiger partial charge in [0.15, 0.2) is 5.76 Å². The lowest BCUT2D eigenvalue weighted by Gasteiger charge is -2.39. The number of carbonyl (C=O) groups excluding carboxylic acids is 3. The predicted octanol–water partition coefficient (Wildman–Crippen LogP) is 1.42. The summed E-state index contributed by atoms with van der Waals surface area (Å²) >= 11 is 0. The van der Waals surface area contributed by atoms with Gasteiger partial charge in [0.05, 0.1) is 19.9 Å². The number of hydrogen-bond donors (Lipinski definition) is 0. The van der Waals surface area contributed by atoms with E-state index in [1.165, 1.54) is 24.3 Å². The van der Waals surface area contributed by atoms with E-state index in [1.54, 1.807) is 35.2 Å². The van der Waals surface area contributed by atoms with E-state index in [0.29, 0.717) is 12.1 Å². The fourth-order valence-electron chi connectivity index (χ4n) is 2.85. The molecule has 1 aliphatic heterocycles. The van der Waals surface area contributed by atoms with E-state index in [9.17, 15) is 14.4 Å². The van der Waals surface area contributed by atoms with Crippen LogP contribution in [0, 0.1) is 0 Å². The number of rotatable bonds is 3. The van der Waals surface area contributed by atoms with Gasteiger partial charge in [-0.2, -0.15) is 0 Å². The summed E-state index contributed by atoms with van der Waals surface area (Å²) < 4.78 is 9.95. The molecule has 0 spiro atoms. The Morgan fingerprint density at radius 1 is 1.04 bits per heavy atom. The third-order valence-electron chi connectivity index (χ3n) is 4.15. The Morgan fingerprint density at radius 2 is 1.80 bits per heavy atom. The lowest BCUT2D eigenvalue weighted by atomic mass is 10.1. The van der Waals surface area contributed by atoms with Crippen molar-refractivity contribution in [1.29, 1.82) is 0 Å². The van der Waals surface area contributed by atoms with Crippen LogP contribution in [0.3, 0.4) is 0 Å². The van der Waals surface area contributed by atoms with Crippen molar-refractivity contribution in [2.24, 2.45) is 0 Å². The van der Waals surface area contributed by atoms with E-state index in [2.05, 4.69) is 0 Å². The quantitative estimate of drug-likeness (QED) is 0.788. The van der Waals surface area contributed by atoms with E-state index >= 15 is 0 Å². The number of furan rings is 1. The zero-order valence-corrected chi connectivity index (χ0v) is 13.8. The standard InChI is InChI=1S/C18H18N2O5/c1-24-18(23)14-12-19(16(21)13-6-3-2-4-7-13)9-10-20(14)17(22)15-8-5-11-25-15/h2-8,11,14H,9-10,12H2,1H3. The number of piperazine rings is 1. The molecular weight excluding hydrogens is 324 g/mol. The average molecular weight is 342 g/mol. The van der Waals surface area contributed by atoms with Gasteiger partial charge < -0.3 is 19.0 Å². The topological polar surface area (TPSA) is 80.1 Å². The van der Waals surface area contributed by atoms with E-state index in [1.807, 2.05) is 6.07 Å². The van der Waals surface area contributed by atoms with Crippen LogP contribution in [0.25, 0.3) is 0 Å². The predicted molar refractivity (Wildman–Crippen MR) is 87.9 cm³/mol. The molecule has 7 heteroatoms. The second kappa shape index (κ2) is 7.21. The molecule has 0 N–H and O–H groups in total. The summed E-state index contributed by atoms with van der Waals surface area (Å²) in [7, 11) is 1.26. The van der Waals surface area contributed by atoms with Gasteiger partial charge in [0.2, 0.25) is 0 Å². The average Bonchev–Trinajstić information content (AvgIpc) is 3.21. The number of nitrogens with zero attached hydrogens (tertiary/aromatic N) is 2. The van der Waals surface area contributed by atoms with Crippen molar-refractivity contribution in [2.75, 3.05) is 26.7 Å². The van der Waals surface area contributed by atoms with Crippen molar-refractivity contribution in [3.05, 3.63) is 60.1 Å². The van der Waals surface area contributed by atoms with Gasteiger partial charge in [-0.1, -0.05) is 18.2 Å². The van der Waals surface area contributed by atoms with Gasteiger partial charge >= 0.3 is 5.97 Å². The number of esters is 1. The minimum Gasteiger partial charge on any atom is -0.467 e. The number of benzene rings is 1. The van der Waals surface area contributed by atoms with Gasteiger partial charge in [-0.25, -0.2) is 4.79 Å². The van der Waals surface area contributed by atoms with Gasteiger partial charge in [0, 0.05) is 18.7 Å². The van der Waals surface area contributed by atoms with E-state index in [4.69, 9.17) is 9.15 Å². The first-order chi connectivity index (χ1) is 12.1. The summed E-state index contributed by atoms with van der Waals surface area (Å²) in [5.41, 5.74) is 0.539. The fourth-order valence-corrected chi connectivity index (χ4v) is 2.85. The number of ether oxygens (including phenoxy) is 1. The minimum absolute atomic E-state index is 0.0762. The molecule has 1 aromatic heterocycles. The SMILES string of the molecule is COC(=O)C1CN(C(=O)c2ccccc2)CCN1C(=O)c1ccco1. The number of carbonyl (C=O) groups is 3. The lowest BCUT2D eigenvalue weighted by Crippen LogP contribution is -2.59. The van der Waals surface area contributed by atoms with Crippen LogP contribution in [0.1, 0.15) is 20.9 Å². The zero-order valence-electron chi connectivity index (χ0n) is 13.8. The summed E-state index contributed by atoms with van der Waals surface area (Å²) in [5, 5.41) is 0. The maximum absolute atomic E-state index is 12.6. The summed E-state index contributed by atoms with van der Waals surface area (Å²) in [6, 6.07) is 11.1. The molecule has 0 saturated carbocycles. The molecule has 0 radical (unpaired) electrons. The molecule has 7 nitrogen and oxygen atoms in total. The molecule has 2 amide bonds. The molecule has 25 heavy (non-hydrogen) atoms. The molecule has 1 unspecified atom stereocenters. The molecule has 3 rings (SSSR count). The number of amides is 2. The Balaban J connectivity index is 1.80. The molecule has 0 bridgehead atoms. The molecule has 1 aliphatic rings. The normalized spacial score (nSPS) is 17.2. The highest BCUT2D eigenvalue weighted by atomic mass is 16.5. The molecule has 2 aromatic rings. The number of hydrogen-bond acceptors (Lipinski definition) is 5. The number of methoxy groups -OCH3 is 1. The zero-order chi connectivity index (χ0) is 17.8. The van der Waals surface area contributed by atoms with E-state index in [-0.39, 0.29) is 24.8 Å². The highest BCUT2D eigenvalue weighted by Gasteiger charge is 2.38. The highest BCUT2D eigenvalue weighted by molar-refractivity contribution is 5.97. The third-order valence-corrected chi connectivity index (χ3v) is 4.15. The van der Waals surface area contributed by atoms with Crippen molar-refractivity contribution in [3.8, 4) is 0 Å². The van der Waals surface area contributed by atoms with Crippen LogP contribution in [0.5, 0.6) is 0 Å². The van der Waals surface area contributed by atoms with Crippen LogP contribution in [-0.2, 0) is 9.53 Å². The van der Waals surface area contributed by atoms with Crippen molar-refractivity contribution in [1.82, 2.24) is 9.80 Å². The third kappa shape index (κ3) is 3.40. The molecule has 1 saturated heterocycles. The Morgan fingerprint density at radius 3 is 2.44 bits per heavy atom. The van der Waals surface area contributed by atoms with Crippen molar-refractivity contribution >= 4 is 17.8 Å². The Hall–Kier alpha value is -3.09. The van der Waals surface area contributed by atoms with E-state index in [0.717, 1.165) is 0 Å². The van der Waals surface area contributed by atoms with Crippen LogP contribution in [0.2, 0.25) is 0 Å². The van der Waals surface area contributed by atoms with Crippen LogP contribution in [0.4, 0.5) is 0 Å². The minimum atomic E-state index is -0.871. The summed E-state index contributed by atoms with van der Waals surface area (Å²) in [5.74, 6) is -0.992. The maximum Gasteiger partial charge on any atom is 0.330 e. The summed E-state index contributed by atoms with van der Waals surface area (Å²) in [6.45, 7) is 0.623. The van der Waals surface area contributed by atoms with Gasteiger partial charge in [-0.15, -0.1) is 0 Å². The Bertz CT molecular complexity index is 757. The Kier molecular flexibility index (Phi) is 4.83. The monoisotopic (exact) mass is 342 g/mol. The van der Waals surface area contributed by atoms with Gasteiger partial charge in [-0.3, -0.25) is 9.59 Å². The van der Waals surface area contributed by atoms with E-state index < -0.39 is 17.9 Å². The molecular formula is C18H18N2O5. The molecule has 1 fully saturated rings. The van der Waals surface area contributed by atoms with Gasteiger partial charge in [-0.05, 0) is 24.3 Å². The van der Waals surface area contributed by atoms with Crippen LogP contribution >= 0.6 is 0 Å². The first-order valence-corrected chi connectivity index (χ1v) is 7.88. The fraction of sp³-hybridized carbons (Fsp3) is 0.278. The summed E-state index contributed by atoms with van der Waals surface area (Å²) in [4.78, 5) is 40.3. The first kappa shape index (κ1) is 16.8. The van der Waals surface area contributed by atoms with Crippen LogP contribution < -0.4 is 0 Å². The molecule has 2 heterocycles. The van der Waals surface area contributed by atoms with Crippen LogP contribution in [-0.4, -0.2) is 60.4 Å². The first-order valence-electron chi connectivity index (χ1n) is 7.88.